The molecule has 0 spiro atoms. The molecule has 3 aromatic rings. The number of hydrogen-bond donors (Lipinski definition) is 1. The molecule has 0 bridgehead atoms. The van der Waals surface area contributed by atoms with Crippen LogP contribution >= 0.6 is 23.2 Å². The first kappa shape index (κ1) is 18.9. The van der Waals surface area contributed by atoms with Gasteiger partial charge in [-0.3, -0.25) is 4.79 Å². The number of benzene rings is 1. The maximum absolute atomic E-state index is 12.8. The van der Waals surface area contributed by atoms with Crippen molar-refractivity contribution in [3.8, 4) is 5.95 Å². The van der Waals surface area contributed by atoms with Crippen molar-refractivity contribution < 1.29 is 4.79 Å². The Morgan fingerprint density at radius 3 is 2.32 bits per heavy atom. The van der Waals surface area contributed by atoms with Crippen LogP contribution in [0.15, 0.2) is 24.3 Å². The Bertz CT molecular complexity index is 1050. The van der Waals surface area contributed by atoms with E-state index in [1.807, 2.05) is 19.9 Å². The first-order chi connectivity index (χ1) is 13.3. The fraction of sp³-hybridized carbons (Fsp3) is 0.300. The van der Waals surface area contributed by atoms with Gasteiger partial charge in [0.2, 0.25) is 0 Å². The number of nitrogens with zero attached hydrogens (tertiary/aromatic N) is 4. The number of carbonyl (C=O) groups excluding carboxylic acids is 1. The quantitative estimate of drug-likeness (QED) is 0.644. The normalized spacial score (nSPS) is 16.2. The second-order valence-corrected chi connectivity index (χ2v) is 8.13. The molecule has 0 saturated heterocycles. The molecular weight excluding hydrogens is 397 g/mol. The van der Waals surface area contributed by atoms with E-state index >= 15 is 0 Å². The standard InChI is InChI=1S/C20H19Cl2N5O/c1-10-4-16-18(17(28)5-10)19(25-15-8-13(21)7-14(22)9-15)26-27(16)20-23-11(2)6-12(3)24-20/h6-10H,4-5H2,1-3H3,(H,25,26). The topological polar surface area (TPSA) is 72.7 Å². The van der Waals surface area contributed by atoms with Crippen molar-refractivity contribution >= 4 is 40.5 Å². The average molecular weight is 416 g/mol. The van der Waals surface area contributed by atoms with Crippen LogP contribution in [0, 0.1) is 19.8 Å². The van der Waals surface area contributed by atoms with Gasteiger partial charge in [0.1, 0.15) is 0 Å². The summed E-state index contributed by atoms with van der Waals surface area (Å²) in [6.45, 7) is 5.88. The van der Waals surface area contributed by atoms with E-state index in [2.05, 4.69) is 27.3 Å². The van der Waals surface area contributed by atoms with Crippen LogP contribution < -0.4 is 5.32 Å². The molecule has 4 rings (SSSR count). The maximum atomic E-state index is 12.8. The van der Waals surface area contributed by atoms with Gasteiger partial charge in [-0.2, -0.15) is 0 Å². The molecule has 144 valence electrons. The molecule has 0 aliphatic heterocycles. The van der Waals surface area contributed by atoms with Crippen LogP contribution in [-0.4, -0.2) is 25.5 Å². The number of halogens is 2. The van der Waals surface area contributed by atoms with E-state index in [1.165, 1.54) is 0 Å². The highest BCUT2D eigenvalue weighted by Crippen LogP contribution is 2.34. The lowest BCUT2D eigenvalue weighted by atomic mass is 9.88. The predicted octanol–water partition coefficient (Wildman–Crippen LogP) is 5.09. The van der Waals surface area contributed by atoms with E-state index in [0.717, 1.165) is 23.5 Å². The van der Waals surface area contributed by atoms with Crippen LogP contribution in [0.3, 0.4) is 0 Å². The Balaban J connectivity index is 1.86. The summed E-state index contributed by atoms with van der Waals surface area (Å²) >= 11 is 12.2. The van der Waals surface area contributed by atoms with Gasteiger partial charge in [0.05, 0.1) is 11.3 Å². The molecule has 0 fully saturated rings. The number of carbonyl (C=O) groups is 1. The van der Waals surface area contributed by atoms with Gasteiger partial charge in [0.15, 0.2) is 11.6 Å². The Hall–Kier alpha value is -2.44. The lowest BCUT2D eigenvalue weighted by Gasteiger charge is -2.19. The minimum Gasteiger partial charge on any atom is -0.338 e. The average Bonchev–Trinajstić information content (AvgIpc) is 2.91. The van der Waals surface area contributed by atoms with Gasteiger partial charge in [-0.15, -0.1) is 5.10 Å². The van der Waals surface area contributed by atoms with Crippen LogP contribution in [-0.2, 0) is 6.42 Å². The molecule has 0 radical (unpaired) electrons. The van der Waals surface area contributed by atoms with Crippen molar-refractivity contribution in [2.45, 2.75) is 33.6 Å². The van der Waals surface area contributed by atoms with Crippen molar-refractivity contribution in [1.82, 2.24) is 19.7 Å². The molecule has 6 nitrogen and oxygen atoms in total. The molecule has 1 N–H and O–H groups in total. The third-order valence-corrected chi connectivity index (χ3v) is 5.06. The zero-order valence-corrected chi connectivity index (χ0v) is 17.3. The Kier molecular flexibility index (Phi) is 4.85. The zero-order valence-electron chi connectivity index (χ0n) is 15.8. The Morgan fingerprint density at radius 1 is 1.04 bits per heavy atom. The minimum atomic E-state index is 0.0556. The van der Waals surface area contributed by atoms with E-state index in [1.54, 1.807) is 22.9 Å². The molecule has 28 heavy (non-hydrogen) atoms. The lowest BCUT2D eigenvalue weighted by Crippen LogP contribution is -2.20. The highest BCUT2D eigenvalue weighted by molar-refractivity contribution is 6.35. The second-order valence-electron chi connectivity index (χ2n) is 7.25. The molecule has 2 aromatic heterocycles. The van der Waals surface area contributed by atoms with Crippen molar-refractivity contribution in [2.75, 3.05) is 5.32 Å². The number of ketones is 1. The number of hydrogen-bond acceptors (Lipinski definition) is 5. The first-order valence-electron chi connectivity index (χ1n) is 9.01. The molecule has 2 heterocycles. The summed E-state index contributed by atoms with van der Waals surface area (Å²) in [5.41, 5.74) is 3.76. The highest BCUT2D eigenvalue weighted by Gasteiger charge is 2.32. The van der Waals surface area contributed by atoms with Gasteiger partial charge < -0.3 is 5.32 Å². The largest absolute Gasteiger partial charge is 0.338 e. The molecule has 0 amide bonds. The van der Waals surface area contributed by atoms with Crippen molar-refractivity contribution in [3.05, 3.63) is 57.0 Å². The maximum Gasteiger partial charge on any atom is 0.251 e. The molecule has 1 atom stereocenters. The van der Waals surface area contributed by atoms with Gasteiger partial charge in [-0.05, 0) is 50.5 Å². The first-order valence-corrected chi connectivity index (χ1v) is 9.76. The van der Waals surface area contributed by atoms with Gasteiger partial charge in [-0.1, -0.05) is 30.1 Å². The number of Topliss-reactive ketones (excluding diaryl/α,β-unsaturated/α-hetero) is 1. The van der Waals surface area contributed by atoms with Gasteiger partial charge in [0.25, 0.3) is 5.95 Å². The van der Waals surface area contributed by atoms with Crippen molar-refractivity contribution in [2.24, 2.45) is 5.92 Å². The third kappa shape index (κ3) is 3.62. The summed E-state index contributed by atoms with van der Waals surface area (Å²) in [7, 11) is 0. The molecule has 1 aliphatic rings. The number of fused-ring (bicyclic) bond motifs is 1. The zero-order chi connectivity index (χ0) is 20.0. The number of aromatic nitrogens is 4. The molecular formula is C20H19Cl2N5O. The van der Waals surface area contributed by atoms with Crippen molar-refractivity contribution in [3.63, 3.8) is 0 Å². The Labute approximate surface area is 172 Å². The smallest absolute Gasteiger partial charge is 0.251 e. The highest BCUT2D eigenvalue weighted by atomic mass is 35.5. The number of anilines is 2. The number of rotatable bonds is 3. The molecule has 0 saturated carbocycles. The summed E-state index contributed by atoms with van der Waals surface area (Å²) in [6, 6.07) is 7.03. The fourth-order valence-electron chi connectivity index (χ4n) is 3.57. The van der Waals surface area contributed by atoms with E-state index in [-0.39, 0.29) is 11.7 Å². The van der Waals surface area contributed by atoms with Gasteiger partial charge >= 0.3 is 0 Å². The van der Waals surface area contributed by atoms with Crippen LogP contribution in [0.2, 0.25) is 10.0 Å². The van der Waals surface area contributed by atoms with E-state index in [9.17, 15) is 4.79 Å². The lowest BCUT2D eigenvalue weighted by molar-refractivity contribution is 0.0953. The summed E-state index contributed by atoms with van der Waals surface area (Å²) in [5.74, 6) is 1.22. The molecule has 1 aromatic carbocycles. The Morgan fingerprint density at radius 2 is 1.68 bits per heavy atom. The third-order valence-electron chi connectivity index (χ3n) is 4.62. The van der Waals surface area contributed by atoms with E-state index in [4.69, 9.17) is 23.2 Å². The minimum absolute atomic E-state index is 0.0556. The van der Waals surface area contributed by atoms with Gasteiger partial charge in [-0.25, -0.2) is 14.6 Å². The number of nitrogens with one attached hydrogen (secondary N) is 1. The predicted molar refractivity (Wildman–Crippen MR) is 110 cm³/mol. The van der Waals surface area contributed by atoms with Crippen molar-refractivity contribution in [1.29, 1.82) is 0 Å². The van der Waals surface area contributed by atoms with Crippen LogP contribution in [0.5, 0.6) is 0 Å². The summed E-state index contributed by atoms with van der Waals surface area (Å²) in [4.78, 5) is 21.9. The molecule has 1 aliphatic carbocycles. The van der Waals surface area contributed by atoms with Gasteiger partial charge in [0, 0.05) is 33.5 Å². The summed E-state index contributed by atoms with van der Waals surface area (Å²) in [6.07, 6.45) is 1.21. The van der Waals surface area contributed by atoms with Crippen LogP contribution in [0.1, 0.15) is 40.8 Å². The van der Waals surface area contributed by atoms with E-state index in [0.29, 0.717) is 39.5 Å². The molecule has 8 heteroatoms. The summed E-state index contributed by atoms with van der Waals surface area (Å²) < 4.78 is 1.68. The van der Waals surface area contributed by atoms with Crippen LogP contribution in [0.4, 0.5) is 11.5 Å². The summed E-state index contributed by atoms with van der Waals surface area (Å²) in [5, 5.41) is 8.86. The van der Waals surface area contributed by atoms with Crippen LogP contribution in [0.25, 0.3) is 5.95 Å². The fourth-order valence-corrected chi connectivity index (χ4v) is 4.10. The molecule has 1 unspecified atom stereocenters. The number of aryl methyl sites for hydroxylation is 2. The monoisotopic (exact) mass is 415 g/mol. The second kappa shape index (κ2) is 7.18. The van der Waals surface area contributed by atoms with E-state index < -0.39 is 0 Å². The SMILES string of the molecule is Cc1cc(C)nc(-n2nc(Nc3cc(Cl)cc(Cl)c3)c3c2CC(C)CC3=O)n1.